The van der Waals surface area contributed by atoms with Crippen LogP contribution in [0.5, 0.6) is 0 Å². The molecule has 0 saturated heterocycles. The van der Waals surface area contributed by atoms with Gasteiger partial charge in [-0.2, -0.15) is 0 Å². The summed E-state index contributed by atoms with van der Waals surface area (Å²) in [6.07, 6.45) is 12.2. The summed E-state index contributed by atoms with van der Waals surface area (Å²) in [5.41, 5.74) is 0. The van der Waals surface area contributed by atoms with Crippen molar-refractivity contribution in [1.29, 1.82) is 0 Å². The minimum atomic E-state index is -0.116. The van der Waals surface area contributed by atoms with Crippen LogP contribution in [0.15, 0.2) is 24.3 Å². The number of rotatable bonds is 3. The monoisotopic (exact) mass is 236 g/mol. The van der Waals surface area contributed by atoms with Gasteiger partial charge in [0.25, 0.3) is 0 Å². The molecule has 2 amide bonds. The van der Waals surface area contributed by atoms with Crippen molar-refractivity contribution in [2.24, 2.45) is 5.92 Å². The number of hydrogen-bond donors (Lipinski definition) is 3. The Labute approximate surface area is 102 Å². The molecule has 4 heteroatoms. The van der Waals surface area contributed by atoms with E-state index in [4.69, 9.17) is 5.11 Å². The first kappa shape index (κ1) is 12.2. The van der Waals surface area contributed by atoms with Gasteiger partial charge in [-0.3, -0.25) is 0 Å². The Bertz CT molecular complexity index is 325. The minimum absolute atomic E-state index is 0.0553. The molecule has 0 aromatic carbocycles. The largest absolute Gasteiger partial charge is 0.396 e. The molecule has 0 aromatic rings. The lowest BCUT2D eigenvalue weighted by Crippen LogP contribution is -2.45. The quantitative estimate of drug-likeness (QED) is 0.647. The van der Waals surface area contributed by atoms with E-state index in [1.165, 1.54) is 0 Å². The number of aliphatic hydroxyl groups excluding tert-OH is 1. The number of aliphatic hydroxyl groups is 1. The zero-order valence-corrected chi connectivity index (χ0v) is 9.93. The molecule has 0 saturated carbocycles. The molecule has 0 fully saturated rings. The van der Waals surface area contributed by atoms with Crippen molar-refractivity contribution in [1.82, 2.24) is 10.6 Å². The zero-order chi connectivity index (χ0) is 12.1. The maximum Gasteiger partial charge on any atom is 0.315 e. The topological polar surface area (TPSA) is 61.4 Å². The lowest BCUT2D eigenvalue weighted by Gasteiger charge is -2.20. The summed E-state index contributed by atoms with van der Waals surface area (Å²) in [5.74, 6) is 0.190. The standard InChI is InChI=1S/C13H20N2O2/c16-9-10-6-7-12(8-10)15-13(17)14-11-4-2-1-3-5-11/h2,4,6-7,10-12,16H,1,3,5,8-9H2,(H2,14,15,17)/t10-,11?,12+/m0/s1. The van der Waals surface area contributed by atoms with E-state index in [0.717, 1.165) is 25.7 Å². The molecule has 1 unspecified atom stereocenters. The second-order valence-corrected chi connectivity index (χ2v) is 4.75. The van der Waals surface area contributed by atoms with Crippen LogP contribution in [0.2, 0.25) is 0 Å². The maximum atomic E-state index is 11.7. The fraction of sp³-hybridized carbons (Fsp3) is 0.615. The molecule has 3 atom stereocenters. The summed E-state index contributed by atoms with van der Waals surface area (Å²) in [4.78, 5) is 11.7. The highest BCUT2D eigenvalue weighted by Gasteiger charge is 2.20. The van der Waals surface area contributed by atoms with Crippen LogP contribution in [0.1, 0.15) is 25.7 Å². The smallest absolute Gasteiger partial charge is 0.315 e. The Balaban J connectivity index is 1.72. The third-order valence-electron chi connectivity index (χ3n) is 3.29. The second kappa shape index (κ2) is 5.87. The molecular weight excluding hydrogens is 216 g/mol. The molecule has 0 bridgehead atoms. The number of allylic oxidation sites excluding steroid dienone is 1. The van der Waals surface area contributed by atoms with E-state index in [1.807, 2.05) is 12.2 Å². The van der Waals surface area contributed by atoms with Gasteiger partial charge in [-0.25, -0.2) is 4.79 Å². The molecular formula is C13H20N2O2. The third kappa shape index (κ3) is 3.60. The molecule has 0 radical (unpaired) electrons. The molecule has 0 aromatic heterocycles. The maximum absolute atomic E-state index is 11.7. The fourth-order valence-corrected chi connectivity index (χ4v) is 2.33. The minimum Gasteiger partial charge on any atom is -0.396 e. The van der Waals surface area contributed by atoms with Crippen molar-refractivity contribution < 1.29 is 9.90 Å². The Kier molecular flexibility index (Phi) is 4.20. The van der Waals surface area contributed by atoms with Crippen LogP contribution >= 0.6 is 0 Å². The molecule has 17 heavy (non-hydrogen) atoms. The van der Waals surface area contributed by atoms with E-state index in [1.54, 1.807) is 0 Å². The predicted molar refractivity (Wildman–Crippen MR) is 66.6 cm³/mol. The summed E-state index contributed by atoms with van der Waals surface area (Å²) in [6.45, 7) is 0.154. The number of carbonyl (C=O) groups excluding carboxylic acids is 1. The highest BCUT2D eigenvalue weighted by molar-refractivity contribution is 5.75. The van der Waals surface area contributed by atoms with Gasteiger partial charge >= 0.3 is 6.03 Å². The molecule has 2 aliphatic rings. The van der Waals surface area contributed by atoms with Gasteiger partial charge in [0.15, 0.2) is 0 Å². The average molecular weight is 236 g/mol. The van der Waals surface area contributed by atoms with Crippen LogP contribution in [-0.4, -0.2) is 29.8 Å². The molecule has 3 N–H and O–H groups in total. The Morgan fingerprint density at radius 3 is 2.71 bits per heavy atom. The van der Waals surface area contributed by atoms with Gasteiger partial charge in [-0.15, -0.1) is 0 Å². The predicted octanol–water partition coefficient (Wildman–Crippen LogP) is 1.33. The molecule has 2 aliphatic carbocycles. The number of hydrogen-bond acceptors (Lipinski definition) is 2. The zero-order valence-electron chi connectivity index (χ0n) is 9.93. The van der Waals surface area contributed by atoms with E-state index in [0.29, 0.717) is 0 Å². The van der Waals surface area contributed by atoms with Crippen LogP contribution < -0.4 is 10.6 Å². The van der Waals surface area contributed by atoms with E-state index in [-0.39, 0.29) is 30.6 Å². The number of nitrogens with one attached hydrogen (secondary N) is 2. The van der Waals surface area contributed by atoms with Gasteiger partial charge in [0.05, 0.1) is 0 Å². The van der Waals surface area contributed by atoms with Crippen molar-refractivity contribution in [3.8, 4) is 0 Å². The summed E-state index contributed by atoms with van der Waals surface area (Å²) >= 11 is 0. The first-order chi connectivity index (χ1) is 8.28. The van der Waals surface area contributed by atoms with E-state index in [9.17, 15) is 4.79 Å². The van der Waals surface area contributed by atoms with E-state index in [2.05, 4.69) is 22.8 Å². The van der Waals surface area contributed by atoms with Gasteiger partial charge in [-0.1, -0.05) is 24.3 Å². The average Bonchev–Trinajstić information content (AvgIpc) is 2.78. The van der Waals surface area contributed by atoms with Crippen LogP contribution in [0.25, 0.3) is 0 Å². The van der Waals surface area contributed by atoms with Crippen molar-refractivity contribution in [3.63, 3.8) is 0 Å². The summed E-state index contributed by atoms with van der Waals surface area (Å²) in [5, 5.41) is 14.8. The van der Waals surface area contributed by atoms with Crippen LogP contribution in [-0.2, 0) is 0 Å². The van der Waals surface area contributed by atoms with Gasteiger partial charge in [-0.05, 0) is 25.7 Å². The summed E-state index contributed by atoms with van der Waals surface area (Å²) in [7, 11) is 0. The normalized spacial score (nSPS) is 31.5. The van der Waals surface area contributed by atoms with Crippen molar-refractivity contribution in [3.05, 3.63) is 24.3 Å². The molecule has 0 spiro atoms. The first-order valence-corrected chi connectivity index (χ1v) is 6.31. The van der Waals surface area contributed by atoms with Gasteiger partial charge < -0.3 is 15.7 Å². The van der Waals surface area contributed by atoms with Gasteiger partial charge in [0.2, 0.25) is 0 Å². The van der Waals surface area contributed by atoms with Gasteiger partial charge in [0, 0.05) is 24.6 Å². The van der Waals surface area contributed by atoms with Gasteiger partial charge in [0.1, 0.15) is 0 Å². The lowest BCUT2D eigenvalue weighted by atomic mass is 10.0. The Morgan fingerprint density at radius 1 is 1.24 bits per heavy atom. The van der Waals surface area contributed by atoms with Crippen LogP contribution in [0, 0.1) is 5.92 Å². The van der Waals surface area contributed by atoms with Crippen LogP contribution in [0.4, 0.5) is 4.79 Å². The molecule has 94 valence electrons. The SMILES string of the molecule is O=C(NC1C=CCCC1)N[C@@H]1C=C[C@H](CO)C1. The number of amides is 2. The molecule has 2 rings (SSSR count). The van der Waals surface area contributed by atoms with Crippen molar-refractivity contribution in [2.45, 2.75) is 37.8 Å². The fourth-order valence-electron chi connectivity index (χ4n) is 2.33. The Hall–Kier alpha value is -1.29. The van der Waals surface area contributed by atoms with Crippen molar-refractivity contribution in [2.75, 3.05) is 6.61 Å². The number of urea groups is 1. The molecule has 0 aliphatic heterocycles. The first-order valence-electron chi connectivity index (χ1n) is 6.31. The van der Waals surface area contributed by atoms with E-state index < -0.39 is 0 Å². The van der Waals surface area contributed by atoms with E-state index >= 15 is 0 Å². The third-order valence-corrected chi connectivity index (χ3v) is 3.29. The second-order valence-electron chi connectivity index (χ2n) is 4.75. The van der Waals surface area contributed by atoms with Crippen molar-refractivity contribution >= 4 is 6.03 Å². The molecule has 0 heterocycles. The Morgan fingerprint density at radius 2 is 2.06 bits per heavy atom. The highest BCUT2D eigenvalue weighted by atomic mass is 16.3. The van der Waals surface area contributed by atoms with Crippen LogP contribution in [0.3, 0.4) is 0 Å². The highest BCUT2D eigenvalue weighted by Crippen LogP contribution is 2.17. The summed E-state index contributed by atoms with van der Waals surface area (Å²) < 4.78 is 0. The lowest BCUT2D eigenvalue weighted by molar-refractivity contribution is 0.229. The molecule has 4 nitrogen and oxygen atoms in total. The summed E-state index contributed by atoms with van der Waals surface area (Å²) in [6, 6.07) is 0.109. The number of carbonyl (C=O) groups is 1.